The summed E-state index contributed by atoms with van der Waals surface area (Å²) < 4.78 is 1.19. The molecule has 96 valence electrons. The monoisotopic (exact) mass is 364 g/mol. The molecule has 0 saturated carbocycles. The second-order valence-electron chi connectivity index (χ2n) is 4.62. The highest BCUT2D eigenvalue weighted by Crippen LogP contribution is 2.33. The van der Waals surface area contributed by atoms with E-state index in [1.54, 1.807) is 0 Å². The van der Waals surface area contributed by atoms with Crippen LogP contribution in [0.25, 0.3) is 0 Å². The van der Waals surface area contributed by atoms with Crippen molar-refractivity contribution in [2.24, 2.45) is 0 Å². The van der Waals surface area contributed by atoms with E-state index in [4.69, 9.17) is 0 Å². The highest BCUT2D eigenvalue weighted by Gasteiger charge is 2.29. The lowest BCUT2D eigenvalue weighted by molar-refractivity contribution is -0.116. The van der Waals surface area contributed by atoms with E-state index in [2.05, 4.69) is 52.3 Å². The Morgan fingerprint density at radius 3 is 2.79 bits per heavy atom. The summed E-state index contributed by atoms with van der Waals surface area (Å²) in [6, 6.07) is 13.6. The third-order valence-electron chi connectivity index (χ3n) is 3.27. The molecule has 3 nitrogen and oxygen atoms in total. The molecule has 0 bridgehead atoms. The van der Waals surface area contributed by atoms with Gasteiger partial charge in [-0.15, -0.1) is 0 Å². The second-order valence-corrected chi connectivity index (χ2v) is 5.78. The number of hydrogen-bond acceptors (Lipinski definition) is 2. The normalized spacial score (nSPS) is 16.9. The Bertz CT molecular complexity index is 654. The summed E-state index contributed by atoms with van der Waals surface area (Å²) in [5.41, 5.74) is 4.10. The van der Waals surface area contributed by atoms with E-state index >= 15 is 0 Å². The summed E-state index contributed by atoms with van der Waals surface area (Å²) in [6.07, 6.45) is 0. The molecule has 1 atom stereocenters. The molecule has 2 aromatic rings. The molecule has 1 heterocycles. The third-order valence-corrected chi connectivity index (χ3v) is 4.44. The quantitative estimate of drug-likeness (QED) is 0.798. The smallest absolute Gasteiger partial charge is 0.251 e. The first-order valence-electron chi connectivity index (χ1n) is 6.07. The molecule has 2 N–H and O–H groups in total. The average molecular weight is 364 g/mol. The van der Waals surface area contributed by atoms with E-state index in [1.807, 2.05) is 30.3 Å². The van der Waals surface area contributed by atoms with Gasteiger partial charge in [0.1, 0.15) is 6.04 Å². The molecule has 3 rings (SSSR count). The van der Waals surface area contributed by atoms with Crippen molar-refractivity contribution in [2.75, 3.05) is 10.6 Å². The van der Waals surface area contributed by atoms with Gasteiger partial charge < -0.3 is 10.6 Å². The van der Waals surface area contributed by atoms with Crippen LogP contribution in [0.1, 0.15) is 17.2 Å². The van der Waals surface area contributed by atoms with E-state index in [1.165, 1.54) is 9.13 Å². The van der Waals surface area contributed by atoms with Gasteiger partial charge in [-0.1, -0.05) is 24.3 Å². The number of nitrogens with one attached hydrogen (secondary N) is 2. The number of hydrogen-bond donors (Lipinski definition) is 2. The predicted molar refractivity (Wildman–Crippen MR) is 85.3 cm³/mol. The van der Waals surface area contributed by atoms with Crippen LogP contribution in [0.5, 0.6) is 0 Å². The van der Waals surface area contributed by atoms with Gasteiger partial charge >= 0.3 is 0 Å². The maximum absolute atomic E-state index is 12.0. The average Bonchev–Trinajstić information content (AvgIpc) is 2.71. The van der Waals surface area contributed by atoms with Crippen molar-refractivity contribution in [3.05, 3.63) is 57.2 Å². The van der Waals surface area contributed by atoms with Crippen molar-refractivity contribution < 1.29 is 4.79 Å². The second kappa shape index (κ2) is 4.85. The van der Waals surface area contributed by atoms with Gasteiger partial charge in [0.25, 0.3) is 5.91 Å². The molecule has 1 unspecified atom stereocenters. The molecule has 0 radical (unpaired) electrons. The van der Waals surface area contributed by atoms with Gasteiger partial charge in [0.2, 0.25) is 0 Å². The predicted octanol–water partition coefficient (Wildman–Crippen LogP) is 3.70. The zero-order valence-corrected chi connectivity index (χ0v) is 12.6. The minimum absolute atomic E-state index is 0.00298. The lowest BCUT2D eigenvalue weighted by Crippen LogP contribution is -2.19. The van der Waals surface area contributed by atoms with E-state index in [0.29, 0.717) is 0 Å². The van der Waals surface area contributed by atoms with Crippen molar-refractivity contribution in [1.82, 2.24) is 0 Å². The molecule has 2 aromatic carbocycles. The molecule has 1 aliphatic rings. The zero-order chi connectivity index (χ0) is 13.4. The number of fused-ring (bicyclic) bond motifs is 1. The van der Waals surface area contributed by atoms with Gasteiger partial charge in [-0.25, -0.2) is 0 Å². The zero-order valence-electron chi connectivity index (χ0n) is 10.4. The summed E-state index contributed by atoms with van der Waals surface area (Å²) in [7, 11) is 0. The minimum atomic E-state index is -0.310. The van der Waals surface area contributed by atoms with E-state index in [0.717, 1.165) is 16.9 Å². The van der Waals surface area contributed by atoms with Crippen LogP contribution in [0, 0.1) is 10.5 Å². The van der Waals surface area contributed by atoms with Crippen LogP contribution in [-0.4, -0.2) is 5.91 Å². The maximum Gasteiger partial charge on any atom is 0.251 e. The summed E-state index contributed by atoms with van der Waals surface area (Å²) in [4.78, 5) is 12.0. The van der Waals surface area contributed by atoms with Gasteiger partial charge in [-0.2, -0.15) is 0 Å². The number of halogens is 1. The highest BCUT2D eigenvalue weighted by molar-refractivity contribution is 14.1. The third kappa shape index (κ3) is 2.32. The van der Waals surface area contributed by atoms with Crippen molar-refractivity contribution in [2.45, 2.75) is 13.0 Å². The molecule has 0 aliphatic carbocycles. The number of benzene rings is 2. The van der Waals surface area contributed by atoms with Gasteiger partial charge in [-0.3, -0.25) is 4.79 Å². The van der Waals surface area contributed by atoms with Crippen LogP contribution in [0.2, 0.25) is 0 Å². The lowest BCUT2D eigenvalue weighted by atomic mass is 10.1. The van der Waals surface area contributed by atoms with Crippen molar-refractivity contribution >= 4 is 39.9 Å². The highest BCUT2D eigenvalue weighted by atomic mass is 127. The Hall–Kier alpha value is -1.56. The molecule has 0 aromatic heterocycles. The van der Waals surface area contributed by atoms with Gasteiger partial charge in [-0.05, 0) is 53.3 Å². The number of amides is 1. The Morgan fingerprint density at radius 2 is 2.00 bits per heavy atom. The molecule has 19 heavy (non-hydrogen) atoms. The molecule has 1 aliphatic heterocycles. The molecule has 0 fully saturated rings. The number of carbonyl (C=O) groups excluding carboxylic acids is 1. The van der Waals surface area contributed by atoms with Crippen LogP contribution in [0.15, 0.2) is 42.5 Å². The Labute approximate surface area is 125 Å². The first kappa shape index (κ1) is 12.5. The molecule has 0 saturated heterocycles. The topological polar surface area (TPSA) is 41.1 Å². The fourth-order valence-electron chi connectivity index (χ4n) is 2.20. The molecule has 4 heteroatoms. The summed E-state index contributed by atoms with van der Waals surface area (Å²) in [5.74, 6) is -0.00298. The standard InChI is InChI=1S/C15H13IN2O/c1-9-6-7-10(8-12(9)16)17-14-11-4-2-3-5-13(11)18-15(14)19/h2-8,14,17H,1H3,(H,18,19). The number of carbonyl (C=O) groups is 1. The molecule has 0 spiro atoms. The first-order valence-corrected chi connectivity index (χ1v) is 7.15. The van der Waals surface area contributed by atoms with Crippen molar-refractivity contribution in [1.29, 1.82) is 0 Å². The Morgan fingerprint density at radius 1 is 1.21 bits per heavy atom. The van der Waals surface area contributed by atoms with E-state index in [9.17, 15) is 4.79 Å². The molecular formula is C15H13IN2O. The van der Waals surface area contributed by atoms with E-state index < -0.39 is 0 Å². The maximum atomic E-state index is 12.0. The van der Waals surface area contributed by atoms with E-state index in [-0.39, 0.29) is 11.9 Å². The fraction of sp³-hybridized carbons (Fsp3) is 0.133. The van der Waals surface area contributed by atoms with Crippen LogP contribution >= 0.6 is 22.6 Å². The molecule has 1 amide bonds. The van der Waals surface area contributed by atoms with Gasteiger partial charge in [0, 0.05) is 20.5 Å². The Kier molecular flexibility index (Phi) is 3.18. The summed E-state index contributed by atoms with van der Waals surface area (Å²) >= 11 is 2.30. The van der Waals surface area contributed by atoms with Crippen LogP contribution in [-0.2, 0) is 4.79 Å². The first-order chi connectivity index (χ1) is 9.15. The largest absolute Gasteiger partial charge is 0.370 e. The minimum Gasteiger partial charge on any atom is -0.370 e. The number of anilines is 2. The fourth-order valence-corrected chi connectivity index (χ4v) is 2.72. The van der Waals surface area contributed by atoms with Crippen LogP contribution in [0.4, 0.5) is 11.4 Å². The number of para-hydroxylation sites is 1. The van der Waals surface area contributed by atoms with Crippen LogP contribution < -0.4 is 10.6 Å². The SMILES string of the molecule is Cc1ccc(NC2C(=O)Nc3ccccc32)cc1I. The van der Waals surface area contributed by atoms with Gasteiger partial charge in [0.05, 0.1) is 0 Å². The Balaban J connectivity index is 1.91. The van der Waals surface area contributed by atoms with Crippen molar-refractivity contribution in [3.8, 4) is 0 Å². The number of rotatable bonds is 2. The summed E-state index contributed by atoms with van der Waals surface area (Å²) in [5, 5.41) is 6.19. The number of aryl methyl sites for hydroxylation is 1. The molecular weight excluding hydrogens is 351 g/mol. The summed E-state index contributed by atoms with van der Waals surface area (Å²) in [6.45, 7) is 2.07. The van der Waals surface area contributed by atoms with Gasteiger partial charge in [0.15, 0.2) is 0 Å². The lowest BCUT2D eigenvalue weighted by Gasteiger charge is -2.13. The van der Waals surface area contributed by atoms with Crippen molar-refractivity contribution in [3.63, 3.8) is 0 Å². The van der Waals surface area contributed by atoms with Crippen LogP contribution in [0.3, 0.4) is 0 Å².